The average molecular weight is 416 g/mol. The van der Waals surface area contributed by atoms with Gasteiger partial charge in [-0.2, -0.15) is 0 Å². The molecule has 0 bridgehead atoms. The van der Waals surface area contributed by atoms with E-state index in [-0.39, 0.29) is 23.7 Å². The van der Waals surface area contributed by atoms with Crippen LogP contribution in [-0.2, 0) is 17.8 Å². The maximum Gasteiger partial charge on any atom is 0.232 e. The number of benzene rings is 1. The minimum atomic E-state index is -0.236. The Morgan fingerprint density at radius 3 is 3.03 bits per heavy atom. The summed E-state index contributed by atoms with van der Waals surface area (Å²) in [5, 5.41) is 15.6. The number of nitrogens with one attached hydrogen (secondary N) is 2. The Labute approximate surface area is 178 Å². The lowest BCUT2D eigenvalue weighted by atomic mass is 9.67. The third-order valence-electron chi connectivity index (χ3n) is 6.98. The molecule has 2 aromatic rings. The minimum absolute atomic E-state index is 0. The fourth-order valence-corrected chi connectivity index (χ4v) is 5.38. The van der Waals surface area contributed by atoms with Crippen LogP contribution < -0.4 is 10.6 Å². The van der Waals surface area contributed by atoms with E-state index < -0.39 is 0 Å². The van der Waals surface area contributed by atoms with E-state index >= 15 is 0 Å². The Morgan fingerprint density at radius 2 is 2.10 bits per heavy atom. The van der Waals surface area contributed by atoms with Crippen LogP contribution in [0.1, 0.15) is 50.8 Å². The van der Waals surface area contributed by atoms with E-state index in [1.807, 2.05) is 12.1 Å². The van der Waals surface area contributed by atoms with Crippen LogP contribution in [0.3, 0.4) is 0 Å². The highest BCUT2D eigenvalue weighted by Gasteiger charge is 2.49. The Balaban J connectivity index is 0.00000205. The number of nitrogens with zero attached hydrogens (tertiary/aromatic N) is 3. The maximum absolute atomic E-state index is 13.3. The Morgan fingerprint density at radius 1 is 1.17 bits per heavy atom. The zero-order valence-corrected chi connectivity index (χ0v) is 17.6. The van der Waals surface area contributed by atoms with Crippen molar-refractivity contribution in [2.45, 2.75) is 57.9 Å². The second-order valence-electron chi connectivity index (χ2n) is 8.67. The average Bonchev–Trinajstić information content (AvgIpc) is 3.27. The standard InChI is InChI=1S/C22H29N5O.ClH/c28-21(22-11-4-3-8-17(22)14-23-15-22)24-18-9-6-7-16(13-18)20-26-25-19-10-2-1-5-12-27(19)20;/h6-7,9,13,17,23H,1-5,8,10-12,14-15H2,(H,24,28);1H/t17-,22+;/m0./s1. The van der Waals surface area contributed by atoms with Gasteiger partial charge in [0.2, 0.25) is 5.91 Å². The summed E-state index contributed by atoms with van der Waals surface area (Å²) in [6.45, 7) is 2.75. The van der Waals surface area contributed by atoms with Gasteiger partial charge in [0, 0.05) is 30.8 Å². The predicted molar refractivity (Wildman–Crippen MR) is 116 cm³/mol. The molecule has 156 valence electrons. The van der Waals surface area contributed by atoms with E-state index in [4.69, 9.17) is 0 Å². The fourth-order valence-electron chi connectivity index (χ4n) is 5.38. The van der Waals surface area contributed by atoms with Crippen LogP contribution in [0.25, 0.3) is 11.4 Å². The van der Waals surface area contributed by atoms with Crippen LogP contribution in [-0.4, -0.2) is 33.8 Å². The number of carbonyl (C=O) groups is 1. The molecule has 1 aromatic carbocycles. The molecule has 1 saturated heterocycles. The fraction of sp³-hybridized carbons (Fsp3) is 0.591. The monoisotopic (exact) mass is 415 g/mol. The molecule has 1 aliphatic carbocycles. The van der Waals surface area contributed by atoms with E-state index in [2.05, 4.69) is 37.5 Å². The highest BCUT2D eigenvalue weighted by molar-refractivity contribution is 5.96. The van der Waals surface area contributed by atoms with Gasteiger partial charge < -0.3 is 15.2 Å². The van der Waals surface area contributed by atoms with E-state index in [1.54, 1.807) is 0 Å². The molecule has 2 aliphatic heterocycles. The van der Waals surface area contributed by atoms with Crippen molar-refractivity contribution in [2.75, 3.05) is 18.4 Å². The van der Waals surface area contributed by atoms with Crippen molar-refractivity contribution in [3.63, 3.8) is 0 Å². The summed E-state index contributed by atoms with van der Waals surface area (Å²) < 4.78 is 2.25. The maximum atomic E-state index is 13.3. The van der Waals surface area contributed by atoms with E-state index in [1.165, 1.54) is 25.7 Å². The smallest absolute Gasteiger partial charge is 0.232 e. The largest absolute Gasteiger partial charge is 0.326 e. The first kappa shape index (κ1) is 20.4. The summed E-state index contributed by atoms with van der Waals surface area (Å²) in [4.78, 5) is 13.3. The number of fused-ring (bicyclic) bond motifs is 2. The second-order valence-corrected chi connectivity index (χ2v) is 8.67. The molecular weight excluding hydrogens is 386 g/mol. The van der Waals surface area contributed by atoms with Gasteiger partial charge in [-0.05, 0) is 50.3 Å². The van der Waals surface area contributed by atoms with Crippen molar-refractivity contribution in [1.29, 1.82) is 0 Å². The zero-order chi connectivity index (χ0) is 19.0. The molecule has 29 heavy (non-hydrogen) atoms. The first-order valence-electron chi connectivity index (χ1n) is 10.8. The van der Waals surface area contributed by atoms with Gasteiger partial charge in [0.1, 0.15) is 5.82 Å². The summed E-state index contributed by atoms with van der Waals surface area (Å²) >= 11 is 0. The minimum Gasteiger partial charge on any atom is -0.326 e. The van der Waals surface area contributed by atoms with Crippen molar-refractivity contribution in [2.24, 2.45) is 11.3 Å². The number of rotatable bonds is 3. The molecule has 3 heterocycles. The molecule has 1 saturated carbocycles. The Kier molecular flexibility index (Phi) is 5.93. The van der Waals surface area contributed by atoms with Crippen molar-refractivity contribution >= 4 is 24.0 Å². The number of aromatic nitrogens is 3. The molecular formula is C22H30ClN5O. The number of hydrogen-bond donors (Lipinski definition) is 2. The first-order chi connectivity index (χ1) is 13.8. The van der Waals surface area contributed by atoms with Crippen molar-refractivity contribution in [3.8, 4) is 11.4 Å². The lowest BCUT2D eigenvalue weighted by molar-refractivity contribution is -0.128. The second kappa shape index (κ2) is 8.44. The molecule has 6 nitrogen and oxygen atoms in total. The van der Waals surface area contributed by atoms with Crippen molar-refractivity contribution < 1.29 is 4.79 Å². The molecule has 0 radical (unpaired) electrons. The van der Waals surface area contributed by atoms with Crippen LogP contribution in [0.4, 0.5) is 5.69 Å². The molecule has 7 heteroatoms. The lowest BCUT2D eigenvalue weighted by Crippen LogP contribution is -2.44. The molecule has 5 rings (SSSR count). The van der Waals surface area contributed by atoms with Gasteiger partial charge >= 0.3 is 0 Å². The van der Waals surface area contributed by atoms with Crippen molar-refractivity contribution in [1.82, 2.24) is 20.1 Å². The highest BCUT2D eigenvalue weighted by Crippen LogP contribution is 2.44. The van der Waals surface area contributed by atoms with Gasteiger partial charge in [0.15, 0.2) is 5.82 Å². The third-order valence-corrected chi connectivity index (χ3v) is 6.98. The summed E-state index contributed by atoms with van der Waals surface area (Å²) in [5.74, 6) is 2.66. The normalized spacial score (nSPS) is 26.0. The topological polar surface area (TPSA) is 71.8 Å². The number of anilines is 1. The Bertz CT molecular complexity index is 882. The summed E-state index contributed by atoms with van der Waals surface area (Å²) in [7, 11) is 0. The van der Waals surface area contributed by atoms with Crippen LogP contribution in [0.5, 0.6) is 0 Å². The molecule has 1 aromatic heterocycles. The van der Waals surface area contributed by atoms with Crippen LogP contribution >= 0.6 is 12.4 Å². The van der Waals surface area contributed by atoms with Gasteiger partial charge in [-0.3, -0.25) is 4.79 Å². The van der Waals surface area contributed by atoms with E-state index in [0.717, 1.165) is 68.2 Å². The molecule has 2 fully saturated rings. The molecule has 2 atom stereocenters. The van der Waals surface area contributed by atoms with E-state index in [0.29, 0.717) is 5.92 Å². The summed E-state index contributed by atoms with van der Waals surface area (Å²) in [6, 6.07) is 8.11. The number of amides is 1. The zero-order valence-electron chi connectivity index (χ0n) is 16.8. The van der Waals surface area contributed by atoms with Crippen LogP contribution in [0.2, 0.25) is 0 Å². The molecule has 0 spiro atoms. The molecule has 0 unspecified atom stereocenters. The predicted octanol–water partition coefficient (Wildman–Crippen LogP) is 3.81. The van der Waals surface area contributed by atoms with Gasteiger partial charge in [0.25, 0.3) is 0 Å². The number of carbonyl (C=O) groups excluding carboxylic acids is 1. The number of aryl methyl sites for hydroxylation is 1. The third kappa shape index (κ3) is 3.68. The molecule has 1 amide bonds. The summed E-state index contributed by atoms with van der Waals surface area (Å²) in [5.41, 5.74) is 1.65. The van der Waals surface area contributed by atoms with Gasteiger partial charge in [0.05, 0.1) is 5.41 Å². The SMILES string of the molecule is Cl.O=C(Nc1cccc(-c2nnc3n2CCCCC3)c1)[C@@]12CCCC[C@H]1CNC2. The van der Waals surface area contributed by atoms with Gasteiger partial charge in [-0.1, -0.05) is 31.4 Å². The summed E-state index contributed by atoms with van der Waals surface area (Å²) in [6.07, 6.45) is 9.15. The Hall–Kier alpha value is -1.92. The highest BCUT2D eigenvalue weighted by atomic mass is 35.5. The van der Waals surface area contributed by atoms with Gasteiger partial charge in [-0.25, -0.2) is 0 Å². The quantitative estimate of drug-likeness (QED) is 0.799. The molecule has 3 aliphatic rings. The number of halogens is 1. The van der Waals surface area contributed by atoms with Crippen molar-refractivity contribution in [3.05, 3.63) is 30.1 Å². The van der Waals surface area contributed by atoms with Gasteiger partial charge in [-0.15, -0.1) is 22.6 Å². The van der Waals surface area contributed by atoms with Crippen LogP contribution in [0, 0.1) is 11.3 Å². The van der Waals surface area contributed by atoms with Crippen LogP contribution in [0.15, 0.2) is 24.3 Å². The molecule has 2 N–H and O–H groups in total. The lowest BCUT2D eigenvalue weighted by Gasteiger charge is -2.37. The van der Waals surface area contributed by atoms with E-state index in [9.17, 15) is 4.79 Å². The number of hydrogen-bond acceptors (Lipinski definition) is 4. The first-order valence-corrected chi connectivity index (χ1v) is 10.8.